The lowest BCUT2D eigenvalue weighted by Gasteiger charge is -2.21. The maximum Gasteiger partial charge on any atom is 0.243 e. The highest BCUT2D eigenvalue weighted by Gasteiger charge is 2.27. The van der Waals surface area contributed by atoms with Crippen molar-refractivity contribution in [2.45, 2.75) is 11.3 Å². The normalized spacial score (nSPS) is 15.8. The fourth-order valence-corrected chi connectivity index (χ4v) is 4.89. The number of hydrogen-bond donors (Lipinski definition) is 1. The number of nitrogens with zero attached hydrogens (tertiary/aromatic N) is 2. The van der Waals surface area contributed by atoms with E-state index in [0.717, 1.165) is 12.1 Å². The standard InChI is InChI=1S/C21H26FN3O5S/c1-29-19-9-6-17(14-20(19)30-2)23-21(26)15-24-10-3-11-25(13-12-24)31(27,28)18-7-4-16(22)5-8-18/h4-9,14H,3,10-13,15H2,1-2H3,(H,23,26). The summed E-state index contributed by atoms with van der Waals surface area (Å²) >= 11 is 0. The van der Waals surface area contributed by atoms with Crippen molar-refractivity contribution in [3.8, 4) is 11.5 Å². The Bertz CT molecular complexity index is 1010. The number of benzene rings is 2. The Balaban J connectivity index is 1.58. The molecule has 3 rings (SSSR count). The third-order valence-electron chi connectivity index (χ3n) is 5.03. The molecular formula is C21H26FN3O5S. The average Bonchev–Trinajstić information content (AvgIpc) is 3.00. The van der Waals surface area contributed by atoms with Crippen LogP contribution < -0.4 is 14.8 Å². The van der Waals surface area contributed by atoms with Crippen molar-refractivity contribution in [3.05, 3.63) is 48.3 Å². The summed E-state index contributed by atoms with van der Waals surface area (Å²) in [7, 11) is -0.646. The van der Waals surface area contributed by atoms with Crippen LogP contribution in [0.2, 0.25) is 0 Å². The van der Waals surface area contributed by atoms with Crippen molar-refractivity contribution in [2.75, 3.05) is 52.3 Å². The summed E-state index contributed by atoms with van der Waals surface area (Å²) in [6, 6.07) is 9.91. The molecule has 0 spiro atoms. The molecule has 0 atom stereocenters. The molecule has 0 radical (unpaired) electrons. The van der Waals surface area contributed by atoms with Gasteiger partial charge in [0, 0.05) is 31.4 Å². The number of amides is 1. The molecule has 1 N–H and O–H groups in total. The molecule has 0 aliphatic carbocycles. The van der Waals surface area contributed by atoms with Gasteiger partial charge in [0.05, 0.1) is 25.7 Å². The van der Waals surface area contributed by atoms with Crippen LogP contribution in [0.5, 0.6) is 11.5 Å². The van der Waals surface area contributed by atoms with E-state index in [4.69, 9.17) is 9.47 Å². The number of methoxy groups -OCH3 is 2. The van der Waals surface area contributed by atoms with Gasteiger partial charge in [0.2, 0.25) is 15.9 Å². The van der Waals surface area contributed by atoms with Gasteiger partial charge in [-0.05, 0) is 49.4 Å². The molecule has 1 heterocycles. The summed E-state index contributed by atoms with van der Waals surface area (Å²) in [6.07, 6.45) is 0.587. The van der Waals surface area contributed by atoms with E-state index in [-0.39, 0.29) is 23.9 Å². The fourth-order valence-electron chi connectivity index (χ4n) is 3.42. The Morgan fingerprint density at radius 1 is 1.00 bits per heavy atom. The summed E-state index contributed by atoms with van der Waals surface area (Å²) in [5, 5.41) is 2.82. The van der Waals surface area contributed by atoms with Crippen LogP contribution in [0.4, 0.5) is 10.1 Å². The second kappa shape index (κ2) is 10.1. The summed E-state index contributed by atoms with van der Waals surface area (Å²) < 4.78 is 50.6. The fraction of sp³-hybridized carbons (Fsp3) is 0.381. The molecular weight excluding hydrogens is 425 g/mol. The Morgan fingerprint density at radius 2 is 1.71 bits per heavy atom. The van der Waals surface area contributed by atoms with Gasteiger partial charge in [0.15, 0.2) is 11.5 Å². The van der Waals surface area contributed by atoms with E-state index in [1.54, 1.807) is 18.2 Å². The van der Waals surface area contributed by atoms with E-state index in [0.29, 0.717) is 43.2 Å². The van der Waals surface area contributed by atoms with Gasteiger partial charge in [-0.15, -0.1) is 0 Å². The lowest BCUT2D eigenvalue weighted by molar-refractivity contribution is -0.117. The Morgan fingerprint density at radius 3 is 2.39 bits per heavy atom. The maximum atomic E-state index is 13.1. The van der Waals surface area contributed by atoms with Crippen LogP contribution in [0.25, 0.3) is 0 Å². The van der Waals surface area contributed by atoms with Crippen molar-refractivity contribution in [1.82, 2.24) is 9.21 Å². The van der Waals surface area contributed by atoms with Gasteiger partial charge < -0.3 is 14.8 Å². The quantitative estimate of drug-likeness (QED) is 0.694. The minimum Gasteiger partial charge on any atom is -0.493 e. The molecule has 1 amide bonds. The first-order valence-electron chi connectivity index (χ1n) is 9.83. The summed E-state index contributed by atoms with van der Waals surface area (Å²) in [6.45, 7) is 1.74. The smallest absolute Gasteiger partial charge is 0.243 e. The first kappa shape index (κ1) is 23.0. The minimum atomic E-state index is -3.70. The number of hydrogen-bond acceptors (Lipinski definition) is 6. The van der Waals surface area contributed by atoms with Crippen LogP contribution in [-0.2, 0) is 14.8 Å². The van der Waals surface area contributed by atoms with Gasteiger partial charge >= 0.3 is 0 Å². The molecule has 0 aromatic heterocycles. The highest BCUT2D eigenvalue weighted by Crippen LogP contribution is 2.29. The van der Waals surface area contributed by atoms with Crippen molar-refractivity contribution < 1.29 is 27.1 Å². The third kappa shape index (κ3) is 5.72. The second-order valence-corrected chi connectivity index (χ2v) is 9.04. The van der Waals surface area contributed by atoms with E-state index in [2.05, 4.69) is 5.32 Å². The number of ether oxygens (including phenoxy) is 2. The van der Waals surface area contributed by atoms with Crippen molar-refractivity contribution >= 4 is 21.6 Å². The van der Waals surface area contributed by atoms with Gasteiger partial charge in [-0.25, -0.2) is 12.8 Å². The van der Waals surface area contributed by atoms with Gasteiger partial charge in [-0.3, -0.25) is 9.69 Å². The lowest BCUT2D eigenvalue weighted by Crippen LogP contribution is -2.38. The van der Waals surface area contributed by atoms with Crippen molar-refractivity contribution in [1.29, 1.82) is 0 Å². The SMILES string of the molecule is COc1ccc(NC(=O)CN2CCCN(S(=O)(=O)c3ccc(F)cc3)CC2)cc1OC. The molecule has 1 fully saturated rings. The van der Waals surface area contributed by atoms with E-state index < -0.39 is 15.8 Å². The van der Waals surface area contributed by atoms with E-state index in [9.17, 15) is 17.6 Å². The van der Waals surface area contributed by atoms with Gasteiger partial charge in [-0.2, -0.15) is 4.31 Å². The molecule has 0 saturated carbocycles. The van der Waals surface area contributed by atoms with Gasteiger partial charge in [0.1, 0.15) is 5.82 Å². The average molecular weight is 452 g/mol. The molecule has 1 aliphatic heterocycles. The Kier molecular flexibility index (Phi) is 7.47. The summed E-state index contributed by atoms with van der Waals surface area (Å²) in [5.41, 5.74) is 0.581. The highest BCUT2D eigenvalue weighted by molar-refractivity contribution is 7.89. The van der Waals surface area contributed by atoms with Gasteiger partial charge in [-0.1, -0.05) is 0 Å². The third-order valence-corrected chi connectivity index (χ3v) is 6.95. The van der Waals surface area contributed by atoms with Gasteiger partial charge in [0.25, 0.3) is 0 Å². The molecule has 8 nitrogen and oxygen atoms in total. The zero-order valence-corrected chi connectivity index (χ0v) is 18.3. The monoisotopic (exact) mass is 451 g/mol. The number of carbonyl (C=O) groups excluding carboxylic acids is 1. The van der Waals surface area contributed by atoms with E-state index in [1.165, 1.54) is 30.7 Å². The predicted octanol–water partition coefficient (Wildman–Crippen LogP) is 2.18. The first-order valence-corrected chi connectivity index (χ1v) is 11.3. The van der Waals surface area contributed by atoms with Crippen LogP contribution in [-0.4, -0.2) is 70.5 Å². The zero-order chi connectivity index (χ0) is 22.4. The van der Waals surface area contributed by atoms with Crippen LogP contribution >= 0.6 is 0 Å². The highest BCUT2D eigenvalue weighted by atomic mass is 32.2. The predicted molar refractivity (Wildman–Crippen MR) is 114 cm³/mol. The maximum absolute atomic E-state index is 13.1. The largest absolute Gasteiger partial charge is 0.493 e. The number of nitrogens with one attached hydrogen (secondary N) is 1. The minimum absolute atomic E-state index is 0.0635. The topological polar surface area (TPSA) is 88.2 Å². The molecule has 168 valence electrons. The van der Waals surface area contributed by atoms with Crippen molar-refractivity contribution in [3.63, 3.8) is 0 Å². The molecule has 0 unspecified atom stereocenters. The first-order chi connectivity index (χ1) is 14.8. The number of halogens is 1. The van der Waals surface area contributed by atoms with Crippen LogP contribution in [0.1, 0.15) is 6.42 Å². The Labute approximate surface area is 181 Å². The summed E-state index contributed by atoms with van der Waals surface area (Å²) in [4.78, 5) is 14.5. The van der Waals surface area contributed by atoms with Crippen molar-refractivity contribution in [2.24, 2.45) is 0 Å². The number of anilines is 1. The lowest BCUT2D eigenvalue weighted by atomic mass is 10.2. The van der Waals surface area contributed by atoms with Crippen LogP contribution in [0.15, 0.2) is 47.4 Å². The summed E-state index contributed by atoms with van der Waals surface area (Å²) in [5.74, 6) is 0.385. The number of rotatable bonds is 7. The molecule has 1 saturated heterocycles. The molecule has 0 bridgehead atoms. The Hall–Kier alpha value is -2.69. The molecule has 2 aromatic carbocycles. The number of carbonyl (C=O) groups is 1. The van der Waals surface area contributed by atoms with E-state index in [1.807, 2.05) is 4.90 Å². The van der Waals surface area contributed by atoms with Crippen LogP contribution in [0, 0.1) is 5.82 Å². The molecule has 31 heavy (non-hydrogen) atoms. The van der Waals surface area contributed by atoms with Crippen LogP contribution in [0.3, 0.4) is 0 Å². The molecule has 10 heteroatoms. The zero-order valence-electron chi connectivity index (χ0n) is 17.5. The second-order valence-electron chi connectivity index (χ2n) is 7.11. The molecule has 2 aromatic rings. The number of sulfonamides is 1. The van der Waals surface area contributed by atoms with E-state index >= 15 is 0 Å². The molecule has 1 aliphatic rings.